The van der Waals surface area contributed by atoms with Gasteiger partial charge in [-0.3, -0.25) is 4.98 Å². The molecule has 0 aliphatic heterocycles. The molecule has 0 unspecified atom stereocenters. The largest absolute Gasteiger partial charge is 0.265 e. The number of nitrogens with zero attached hydrogens (tertiary/aromatic N) is 1. The van der Waals surface area contributed by atoms with Gasteiger partial charge in [0.2, 0.25) is 0 Å². The highest BCUT2D eigenvalue weighted by molar-refractivity contribution is 6.88. The molecule has 1 heterocycles. The first-order valence-electron chi connectivity index (χ1n) is 13.2. The molecule has 0 spiro atoms. The number of hydrogen-bond acceptors (Lipinski definition) is 1. The van der Waals surface area contributed by atoms with Crippen LogP contribution in [0.15, 0.2) is 134 Å². The van der Waals surface area contributed by atoms with E-state index in [1.807, 2.05) is 24.5 Å². The van der Waals surface area contributed by atoms with E-state index in [4.69, 9.17) is 0 Å². The molecule has 0 bridgehead atoms. The Bertz CT molecular complexity index is 1690. The second-order valence-electron chi connectivity index (χ2n) is 11.0. The number of benzene rings is 5. The lowest BCUT2D eigenvalue weighted by molar-refractivity contribution is 1.33. The molecule has 38 heavy (non-hydrogen) atoms. The van der Waals surface area contributed by atoms with Gasteiger partial charge in [0.1, 0.15) is 0 Å². The summed E-state index contributed by atoms with van der Waals surface area (Å²) < 4.78 is 0. The fraction of sp³-hybridized carbons (Fsp3) is 0.0833. The summed E-state index contributed by atoms with van der Waals surface area (Å²) in [4.78, 5) is 4.12. The summed E-state index contributed by atoms with van der Waals surface area (Å²) in [5.74, 6) is 0. The quantitative estimate of drug-likeness (QED) is 0.213. The Labute approximate surface area is 226 Å². The highest BCUT2D eigenvalue weighted by atomic mass is 28.3. The molecule has 0 saturated carbocycles. The van der Waals surface area contributed by atoms with Crippen LogP contribution < -0.4 is 5.19 Å². The third-order valence-corrected chi connectivity index (χ3v) is 9.44. The highest BCUT2D eigenvalue weighted by Crippen LogP contribution is 2.31. The minimum Gasteiger partial charge on any atom is -0.265 e. The molecule has 0 aliphatic rings. The van der Waals surface area contributed by atoms with E-state index >= 15 is 0 Å². The van der Waals surface area contributed by atoms with E-state index in [9.17, 15) is 0 Å². The number of rotatable bonds is 5. The molecule has 0 atom stereocenters. The zero-order valence-electron chi connectivity index (χ0n) is 22.1. The van der Waals surface area contributed by atoms with Crippen molar-refractivity contribution in [3.63, 3.8) is 0 Å². The summed E-state index contributed by atoms with van der Waals surface area (Å²) in [7, 11) is -1.28. The van der Waals surface area contributed by atoms with E-state index < -0.39 is 8.07 Å². The monoisotopic (exact) mass is 505 g/mol. The number of pyridine rings is 1. The van der Waals surface area contributed by atoms with E-state index in [1.165, 1.54) is 60.5 Å². The number of fused-ring (bicyclic) bond motifs is 1. The maximum atomic E-state index is 4.12. The van der Waals surface area contributed by atoms with Crippen molar-refractivity contribution in [3.8, 4) is 44.5 Å². The fourth-order valence-corrected chi connectivity index (χ4v) is 6.19. The smallest absolute Gasteiger partial charge is 0.0775 e. The molecule has 0 N–H and O–H groups in total. The summed E-state index contributed by atoms with van der Waals surface area (Å²) in [5, 5.41) is 4.01. The first-order valence-corrected chi connectivity index (χ1v) is 16.7. The fourth-order valence-electron chi connectivity index (χ4n) is 5.02. The van der Waals surface area contributed by atoms with Crippen molar-refractivity contribution in [2.45, 2.75) is 19.6 Å². The van der Waals surface area contributed by atoms with E-state index in [1.54, 1.807) is 0 Å². The van der Waals surface area contributed by atoms with Gasteiger partial charge in [0.05, 0.1) is 8.07 Å². The molecule has 5 aromatic carbocycles. The summed E-state index contributed by atoms with van der Waals surface area (Å²) in [6, 6.07) is 44.5. The first-order chi connectivity index (χ1) is 18.4. The minimum atomic E-state index is -1.28. The van der Waals surface area contributed by atoms with Crippen LogP contribution in [0.5, 0.6) is 0 Å². The van der Waals surface area contributed by atoms with Gasteiger partial charge in [-0.05, 0) is 79.5 Å². The molecule has 0 saturated heterocycles. The van der Waals surface area contributed by atoms with Crippen LogP contribution in [0.2, 0.25) is 19.6 Å². The molecular formula is C36H31NSi. The van der Waals surface area contributed by atoms with Crippen LogP contribution in [0.25, 0.3) is 55.3 Å². The second kappa shape index (κ2) is 9.89. The molecule has 184 valence electrons. The van der Waals surface area contributed by atoms with Crippen LogP contribution >= 0.6 is 0 Å². The number of aromatic nitrogens is 1. The van der Waals surface area contributed by atoms with Gasteiger partial charge < -0.3 is 0 Å². The van der Waals surface area contributed by atoms with Gasteiger partial charge in [0, 0.05) is 12.4 Å². The van der Waals surface area contributed by atoms with Crippen molar-refractivity contribution in [2.75, 3.05) is 0 Å². The zero-order chi connectivity index (χ0) is 26.1. The van der Waals surface area contributed by atoms with Gasteiger partial charge in [-0.2, -0.15) is 0 Å². The lowest BCUT2D eigenvalue weighted by atomic mass is 9.96. The van der Waals surface area contributed by atoms with Crippen molar-refractivity contribution in [2.24, 2.45) is 0 Å². The Kier molecular flexibility index (Phi) is 6.27. The van der Waals surface area contributed by atoms with Crippen molar-refractivity contribution < 1.29 is 0 Å². The van der Waals surface area contributed by atoms with Crippen molar-refractivity contribution in [1.29, 1.82) is 0 Å². The second-order valence-corrected chi connectivity index (χ2v) is 16.1. The Morgan fingerprint density at radius 2 is 0.711 bits per heavy atom. The predicted octanol–water partition coefficient (Wildman–Crippen LogP) is 9.45. The molecule has 0 aliphatic carbocycles. The Morgan fingerprint density at radius 3 is 1.13 bits per heavy atom. The molecule has 1 nitrogen and oxygen atoms in total. The third kappa shape index (κ3) is 4.96. The minimum absolute atomic E-state index is 1.18. The summed E-state index contributed by atoms with van der Waals surface area (Å²) in [6.07, 6.45) is 3.67. The van der Waals surface area contributed by atoms with Crippen LogP contribution in [0.4, 0.5) is 0 Å². The van der Waals surface area contributed by atoms with Gasteiger partial charge in [0.25, 0.3) is 0 Å². The van der Waals surface area contributed by atoms with E-state index in [-0.39, 0.29) is 0 Å². The zero-order valence-corrected chi connectivity index (χ0v) is 23.1. The highest BCUT2D eigenvalue weighted by Gasteiger charge is 2.15. The van der Waals surface area contributed by atoms with Crippen molar-refractivity contribution in [1.82, 2.24) is 4.98 Å². The molecule has 0 amide bonds. The Balaban J connectivity index is 1.26. The molecule has 0 fully saturated rings. The Hall–Kier alpha value is -4.27. The van der Waals surface area contributed by atoms with Gasteiger partial charge in [0.15, 0.2) is 0 Å². The summed E-state index contributed by atoms with van der Waals surface area (Å²) in [6.45, 7) is 7.18. The lowest BCUT2D eigenvalue weighted by Crippen LogP contribution is -2.37. The average Bonchev–Trinajstić information content (AvgIpc) is 2.97. The maximum absolute atomic E-state index is 4.12. The molecule has 1 aromatic heterocycles. The van der Waals surface area contributed by atoms with Crippen LogP contribution in [-0.2, 0) is 0 Å². The van der Waals surface area contributed by atoms with Crippen molar-refractivity contribution >= 4 is 24.0 Å². The van der Waals surface area contributed by atoms with Crippen LogP contribution in [-0.4, -0.2) is 13.1 Å². The molecule has 6 rings (SSSR count). The standard InChI is InChI=1S/C36H31NSi/c1-38(2,3)36-18-16-28(17-19-36)26-4-8-29(9-5-26)33-14-12-31-13-15-34(25-35(31)24-33)30-10-6-27(7-11-30)32-20-22-37-23-21-32/h4-25H,1-3H3. The van der Waals surface area contributed by atoms with Gasteiger partial charge in [-0.25, -0.2) is 0 Å². The van der Waals surface area contributed by atoms with E-state index in [2.05, 4.69) is 134 Å². The van der Waals surface area contributed by atoms with Gasteiger partial charge in [-0.1, -0.05) is 122 Å². The molecule has 6 aromatic rings. The average molecular weight is 506 g/mol. The topological polar surface area (TPSA) is 12.9 Å². The first kappa shape index (κ1) is 24.1. The third-order valence-electron chi connectivity index (χ3n) is 7.37. The van der Waals surface area contributed by atoms with Crippen LogP contribution in [0.1, 0.15) is 0 Å². The van der Waals surface area contributed by atoms with Crippen LogP contribution in [0, 0.1) is 0 Å². The summed E-state index contributed by atoms with van der Waals surface area (Å²) >= 11 is 0. The molecule has 0 radical (unpaired) electrons. The SMILES string of the molecule is C[Si](C)(C)c1ccc(-c2ccc(-c3ccc4ccc(-c5ccc(-c6ccncc6)cc5)cc4c3)cc2)cc1. The van der Waals surface area contributed by atoms with Gasteiger partial charge in [-0.15, -0.1) is 0 Å². The van der Waals surface area contributed by atoms with E-state index in [0.717, 1.165) is 0 Å². The van der Waals surface area contributed by atoms with Crippen LogP contribution in [0.3, 0.4) is 0 Å². The Morgan fingerprint density at radius 1 is 0.368 bits per heavy atom. The van der Waals surface area contributed by atoms with Gasteiger partial charge >= 0.3 is 0 Å². The molecule has 2 heteroatoms. The molecular weight excluding hydrogens is 474 g/mol. The lowest BCUT2D eigenvalue weighted by Gasteiger charge is -2.16. The number of hydrogen-bond donors (Lipinski definition) is 0. The maximum Gasteiger partial charge on any atom is 0.0775 e. The summed E-state index contributed by atoms with van der Waals surface area (Å²) in [5.41, 5.74) is 9.85. The normalized spacial score (nSPS) is 11.6. The predicted molar refractivity (Wildman–Crippen MR) is 166 cm³/mol. The van der Waals surface area contributed by atoms with Crippen molar-refractivity contribution in [3.05, 3.63) is 134 Å². The van der Waals surface area contributed by atoms with E-state index in [0.29, 0.717) is 0 Å².